The van der Waals surface area contributed by atoms with Crippen LogP contribution in [0.25, 0.3) is 0 Å². The zero-order valence-electron chi connectivity index (χ0n) is 9.52. The van der Waals surface area contributed by atoms with E-state index < -0.39 is 4.92 Å². The number of likely N-dealkylation sites (tertiary alicyclic amines) is 1. The molecule has 1 saturated heterocycles. The fourth-order valence-corrected chi connectivity index (χ4v) is 2.56. The molecule has 0 radical (unpaired) electrons. The van der Waals surface area contributed by atoms with Crippen LogP contribution in [0.2, 0.25) is 0 Å². The lowest BCUT2D eigenvalue weighted by Crippen LogP contribution is -2.23. The average molecular weight is 300 g/mol. The lowest BCUT2D eigenvalue weighted by atomic mass is 10.2. The third-order valence-electron chi connectivity index (χ3n) is 2.91. The van der Waals surface area contributed by atoms with Crippen molar-refractivity contribution in [3.63, 3.8) is 0 Å². The van der Waals surface area contributed by atoms with Crippen molar-refractivity contribution >= 4 is 27.3 Å². The summed E-state index contributed by atoms with van der Waals surface area (Å²) in [5, 5.41) is 14.1. The van der Waals surface area contributed by atoms with E-state index in [0.29, 0.717) is 10.5 Å². The van der Waals surface area contributed by atoms with Crippen molar-refractivity contribution in [3.05, 3.63) is 32.8 Å². The van der Waals surface area contributed by atoms with Gasteiger partial charge in [0.05, 0.1) is 9.40 Å². The molecular formula is C11H14BrN3O2. The number of rotatable bonds is 3. The van der Waals surface area contributed by atoms with Crippen LogP contribution in [-0.2, 0) is 0 Å². The van der Waals surface area contributed by atoms with E-state index in [1.165, 1.54) is 6.07 Å². The predicted molar refractivity (Wildman–Crippen MR) is 70.3 cm³/mol. The quantitative estimate of drug-likeness (QED) is 0.688. The van der Waals surface area contributed by atoms with Crippen LogP contribution in [0, 0.1) is 10.1 Å². The predicted octanol–water partition coefficient (Wildman–Crippen LogP) is 2.47. The molecule has 92 valence electrons. The number of hydrogen-bond donors (Lipinski definition) is 1. The number of nitrogens with one attached hydrogen (secondary N) is 1. The highest BCUT2D eigenvalue weighted by molar-refractivity contribution is 9.10. The SMILES string of the molecule is CN1CCC(Nc2ccc([N+](=O)[O-])c(Br)c2)C1. The highest BCUT2D eigenvalue weighted by atomic mass is 79.9. The summed E-state index contributed by atoms with van der Waals surface area (Å²) in [5.41, 5.74) is 1.02. The Labute approximate surface area is 108 Å². The van der Waals surface area contributed by atoms with Crippen LogP contribution in [0.1, 0.15) is 6.42 Å². The average Bonchev–Trinajstić information content (AvgIpc) is 2.63. The fraction of sp³-hybridized carbons (Fsp3) is 0.455. The monoisotopic (exact) mass is 299 g/mol. The molecule has 1 N–H and O–H groups in total. The summed E-state index contributed by atoms with van der Waals surface area (Å²) < 4.78 is 0.513. The van der Waals surface area contributed by atoms with Gasteiger partial charge in [-0.25, -0.2) is 0 Å². The maximum atomic E-state index is 10.7. The van der Waals surface area contributed by atoms with Gasteiger partial charge in [0.2, 0.25) is 0 Å². The highest BCUT2D eigenvalue weighted by Gasteiger charge is 2.19. The third kappa shape index (κ3) is 2.95. The third-order valence-corrected chi connectivity index (χ3v) is 3.54. The standard InChI is InChI=1S/C11H14BrN3O2/c1-14-5-4-9(7-14)13-8-2-3-11(15(16)17)10(12)6-8/h2-3,6,9,13H,4-5,7H2,1H3. The molecule has 1 aromatic rings. The smallest absolute Gasteiger partial charge is 0.283 e. The number of nitrogens with zero attached hydrogens (tertiary/aromatic N) is 2. The van der Waals surface area contributed by atoms with Gasteiger partial charge >= 0.3 is 0 Å². The molecule has 0 aromatic heterocycles. The van der Waals surface area contributed by atoms with Crippen LogP contribution >= 0.6 is 15.9 Å². The number of benzene rings is 1. The molecule has 17 heavy (non-hydrogen) atoms. The Kier molecular flexibility index (Phi) is 3.63. The summed E-state index contributed by atoms with van der Waals surface area (Å²) >= 11 is 3.22. The summed E-state index contributed by atoms with van der Waals surface area (Å²) in [6.07, 6.45) is 1.10. The normalized spacial score (nSPS) is 20.5. The molecule has 2 rings (SSSR count). The van der Waals surface area contributed by atoms with Gasteiger partial charge in [0.25, 0.3) is 5.69 Å². The van der Waals surface area contributed by atoms with Crippen molar-refractivity contribution in [1.82, 2.24) is 4.90 Å². The van der Waals surface area contributed by atoms with Crippen LogP contribution in [0.4, 0.5) is 11.4 Å². The molecule has 0 saturated carbocycles. The number of anilines is 1. The van der Waals surface area contributed by atoms with E-state index in [9.17, 15) is 10.1 Å². The second-order valence-electron chi connectivity index (χ2n) is 4.32. The van der Waals surface area contributed by atoms with E-state index in [1.54, 1.807) is 12.1 Å². The first kappa shape index (κ1) is 12.3. The zero-order chi connectivity index (χ0) is 12.4. The second kappa shape index (κ2) is 5.01. The summed E-state index contributed by atoms with van der Waals surface area (Å²) in [5.74, 6) is 0. The molecule has 1 aliphatic rings. The molecule has 0 aliphatic carbocycles. The maximum absolute atomic E-state index is 10.7. The molecule has 0 amide bonds. The molecule has 1 atom stereocenters. The molecule has 1 aromatic carbocycles. The van der Waals surface area contributed by atoms with E-state index in [-0.39, 0.29) is 5.69 Å². The largest absolute Gasteiger partial charge is 0.381 e. The van der Waals surface area contributed by atoms with Gasteiger partial charge in [-0.05, 0) is 48.1 Å². The number of nitro groups is 1. The van der Waals surface area contributed by atoms with E-state index in [1.807, 2.05) is 0 Å². The molecule has 1 heterocycles. The van der Waals surface area contributed by atoms with Gasteiger partial charge in [-0.1, -0.05) is 0 Å². The van der Waals surface area contributed by atoms with Crippen molar-refractivity contribution in [3.8, 4) is 0 Å². The zero-order valence-corrected chi connectivity index (χ0v) is 11.1. The Morgan fingerprint density at radius 2 is 2.35 bits per heavy atom. The molecule has 0 bridgehead atoms. The molecular weight excluding hydrogens is 286 g/mol. The Balaban J connectivity index is 2.07. The first-order valence-corrected chi connectivity index (χ1v) is 6.24. The van der Waals surface area contributed by atoms with E-state index >= 15 is 0 Å². The Bertz CT molecular complexity index is 439. The van der Waals surface area contributed by atoms with Crippen molar-refractivity contribution in [2.45, 2.75) is 12.5 Å². The van der Waals surface area contributed by atoms with E-state index in [2.05, 4.69) is 33.2 Å². The molecule has 6 heteroatoms. The lowest BCUT2D eigenvalue weighted by Gasteiger charge is -2.14. The Morgan fingerprint density at radius 3 is 2.88 bits per heavy atom. The summed E-state index contributed by atoms with van der Waals surface area (Å²) in [4.78, 5) is 12.5. The molecule has 0 spiro atoms. The van der Waals surface area contributed by atoms with Crippen LogP contribution in [0.15, 0.2) is 22.7 Å². The fourth-order valence-electron chi connectivity index (χ4n) is 2.03. The minimum absolute atomic E-state index is 0.0964. The van der Waals surface area contributed by atoms with Gasteiger partial charge in [-0.3, -0.25) is 10.1 Å². The van der Waals surface area contributed by atoms with E-state index in [4.69, 9.17) is 0 Å². The number of nitro benzene ring substituents is 1. The van der Waals surface area contributed by atoms with Crippen LogP contribution < -0.4 is 5.32 Å². The van der Waals surface area contributed by atoms with Gasteiger partial charge in [-0.15, -0.1) is 0 Å². The number of halogens is 1. The van der Waals surface area contributed by atoms with Crippen molar-refractivity contribution in [2.24, 2.45) is 0 Å². The van der Waals surface area contributed by atoms with Gasteiger partial charge in [0.1, 0.15) is 0 Å². The summed E-state index contributed by atoms with van der Waals surface area (Å²) in [6.45, 7) is 2.10. The first-order valence-electron chi connectivity index (χ1n) is 5.45. The van der Waals surface area contributed by atoms with Crippen molar-refractivity contribution < 1.29 is 4.92 Å². The molecule has 1 aliphatic heterocycles. The number of hydrogen-bond acceptors (Lipinski definition) is 4. The van der Waals surface area contributed by atoms with Crippen LogP contribution in [0.5, 0.6) is 0 Å². The van der Waals surface area contributed by atoms with Crippen molar-refractivity contribution in [1.29, 1.82) is 0 Å². The first-order chi connectivity index (χ1) is 8.06. The van der Waals surface area contributed by atoms with Gasteiger partial charge < -0.3 is 10.2 Å². The van der Waals surface area contributed by atoms with E-state index in [0.717, 1.165) is 25.2 Å². The van der Waals surface area contributed by atoms with Crippen molar-refractivity contribution in [2.75, 3.05) is 25.5 Å². The second-order valence-corrected chi connectivity index (χ2v) is 5.17. The van der Waals surface area contributed by atoms with Crippen LogP contribution in [-0.4, -0.2) is 36.0 Å². The maximum Gasteiger partial charge on any atom is 0.283 e. The van der Waals surface area contributed by atoms with Gasteiger partial charge in [0.15, 0.2) is 0 Å². The molecule has 5 nitrogen and oxygen atoms in total. The topological polar surface area (TPSA) is 58.4 Å². The molecule has 1 unspecified atom stereocenters. The lowest BCUT2D eigenvalue weighted by molar-refractivity contribution is -0.385. The Hall–Kier alpha value is -1.14. The minimum Gasteiger partial charge on any atom is -0.381 e. The summed E-state index contributed by atoms with van der Waals surface area (Å²) in [7, 11) is 2.09. The molecule has 1 fully saturated rings. The Morgan fingerprint density at radius 1 is 1.59 bits per heavy atom. The minimum atomic E-state index is -0.392. The van der Waals surface area contributed by atoms with Gasteiger partial charge in [0, 0.05) is 24.3 Å². The highest BCUT2D eigenvalue weighted by Crippen LogP contribution is 2.28. The number of likely N-dealkylation sites (N-methyl/N-ethyl adjacent to an activating group) is 1. The summed E-state index contributed by atoms with van der Waals surface area (Å²) in [6, 6.07) is 5.45. The van der Waals surface area contributed by atoms with Crippen LogP contribution in [0.3, 0.4) is 0 Å². The van der Waals surface area contributed by atoms with Gasteiger partial charge in [-0.2, -0.15) is 0 Å².